The molecule has 102 valence electrons. The minimum absolute atomic E-state index is 0.0879. The molecule has 0 aliphatic heterocycles. The van der Waals surface area contributed by atoms with E-state index in [2.05, 4.69) is 34.3 Å². The predicted octanol–water partition coefficient (Wildman–Crippen LogP) is 3.98. The van der Waals surface area contributed by atoms with E-state index >= 15 is 0 Å². The molecule has 18 heavy (non-hydrogen) atoms. The van der Waals surface area contributed by atoms with Crippen LogP contribution in [-0.2, 0) is 11.2 Å². The topological polar surface area (TPSA) is 35.2 Å². The molecule has 2 rings (SSSR count). The second-order valence-electron chi connectivity index (χ2n) is 5.45. The van der Waals surface area contributed by atoms with Gasteiger partial charge in [0.2, 0.25) is 0 Å². The standard InChI is InChI=1S/C14H22BrNOS/c1-10-3-6-14(17-2,7-4-10)13(16)9-12-11(15)5-8-18-12/h5,8,10,13H,3-4,6-7,9,16H2,1-2H3. The molecule has 1 fully saturated rings. The maximum absolute atomic E-state index is 6.46. The third-order valence-electron chi connectivity index (χ3n) is 4.30. The molecule has 0 aromatic carbocycles. The van der Waals surface area contributed by atoms with Gasteiger partial charge in [0.05, 0.1) is 5.60 Å². The Morgan fingerprint density at radius 2 is 2.22 bits per heavy atom. The van der Waals surface area contributed by atoms with Gasteiger partial charge in [-0.3, -0.25) is 0 Å². The highest BCUT2D eigenvalue weighted by Crippen LogP contribution is 2.38. The summed E-state index contributed by atoms with van der Waals surface area (Å²) < 4.78 is 7.02. The van der Waals surface area contributed by atoms with Crippen LogP contribution in [0.2, 0.25) is 0 Å². The van der Waals surface area contributed by atoms with Gasteiger partial charge >= 0.3 is 0 Å². The van der Waals surface area contributed by atoms with E-state index in [0.717, 1.165) is 25.2 Å². The first-order valence-electron chi connectivity index (χ1n) is 6.60. The maximum atomic E-state index is 6.46. The smallest absolute Gasteiger partial charge is 0.0832 e. The van der Waals surface area contributed by atoms with Gasteiger partial charge in [-0.25, -0.2) is 0 Å². The molecule has 1 unspecified atom stereocenters. The van der Waals surface area contributed by atoms with Crippen molar-refractivity contribution in [1.82, 2.24) is 0 Å². The second kappa shape index (κ2) is 6.04. The van der Waals surface area contributed by atoms with Crippen molar-refractivity contribution in [3.05, 3.63) is 20.8 Å². The molecule has 0 amide bonds. The molecule has 0 radical (unpaired) electrons. The number of rotatable bonds is 4. The SMILES string of the molecule is COC1(C(N)Cc2sccc2Br)CCC(C)CC1. The van der Waals surface area contributed by atoms with Crippen LogP contribution < -0.4 is 5.73 Å². The zero-order chi connectivity index (χ0) is 13.2. The molecule has 2 nitrogen and oxygen atoms in total. The lowest BCUT2D eigenvalue weighted by atomic mass is 9.74. The van der Waals surface area contributed by atoms with Crippen molar-refractivity contribution in [3.63, 3.8) is 0 Å². The highest BCUT2D eigenvalue weighted by molar-refractivity contribution is 9.10. The van der Waals surface area contributed by atoms with E-state index in [1.807, 2.05) is 7.11 Å². The molecule has 0 saturated heterocycles. The van der Waals surface area contributed by atoms with Gasteiger partial charge in [0, 0.05) is 28.9 Å². The Hall–Kier alpha value is 0.100. The minimum atomic E-state index is -0.115. The molecule has 1 atom stereocenters. The third kappa shape index (κ3) is 2.98. The summed E-state index contributed by atoms with van der Waals surface area (Å²) in [4.78, 5) is 1.33. The van der Waals surface area contributed by atoms with Crippen LogP contribution in [0.3, 0.4) is 0 Å². The van der Waals surface area contributed by atoms with E-state index < -0.39 is 0 Å². The summed E-state index contributed by atoms with van der Waals surface area (Å²) in [6, 6.07) is 2.18. The Kier molecular flexibility index (Phi) is 4.86. The molecule has 1 aromatic heterocycles. The van der Waals surface area contributed by atoms with Crippen molar-refractivity contribution in [2.75, 3.05) is 7.11 Å². The molecule has 4 heteroatoms. The highest BCUT2D eigenvalue weighted by Gasteiger charge is 2.39. The van der Waals surface area contributed by atoms with Gasteiger partial charge in [-0.1, -0.05) is 6.92 Å². The zero-order valence-electron chi connectivity index (χ0n) is 11.1. The molecule has 0 spiro atoms. The van der Waals surface area contributed by atoms with E-state index in [0.29, 0.717) is 0 Å². The number of thiophene rings is 1. The summed E-state index contributed by atoms with van der Waals surface area (Å²) >= 11 is 5.35. The van der Waals surface area contributed by atoms with E-state index in [1.54, 1.807) is 11.3 Å². The lowest BCUT2D eigenvalue weighted by Crippen LogP contribution is -2.52. The Balaban J connectivity index is 2.06. The van der Waals surface area contributed by atoms with Crippen molar-refractivity contribution in [2.24, 2.45) is 11.7 Å². The molecule has 1 heterocycles. The summed E-state index contributed by atoms with van der Waals surface area (Å²) in [6.45, 7) is 2.32. The number of hydrogen-bond donors (Lipinski definition) is 1. The van der Waals surface area contributed by atoms with Gasteiger partial charge in [-0.2, -0.15) is 0 Å². The van der Waals surface area contributed by atoms with Crippen LogP contribution >= 0.6 is 27.3 Å². The predicted molar refractivity (Wildman–Crippen MR) is 81.1 cm³/mol. The quantitative estimate of drug-likeness (QED) is 0.905. The van der Waals surface area contributed by atoms with Gasteiger partial charge in [0.1, 0.15) is 0 Å². The average Bonchev–Trinajstić information content (AvgIpc) is 2.76. The van der Waals surface area contributed by atoms with Crippen molar-refractivity contribution in [3.8, 4) is 0 Å². The summed E-state index contributed by atoms with van der Waals surface area (Å²) in [5.41, 5.74) is 6.35. The first kappa shape index (κ1) is 14.5. The van der Waals surface area contributed by atoms with Gasteiger partial charge in [-0.05, 0) is 59.0 Å². The molecule has 1 aliphatic rings. The van der Waals surface area contributed by atoms with Crippen LogP contribution in [0.25, 0.3) is 0 Å². The lowest BCUT2D eigenvalue weighted by Gasteiger charge is -2.42. The van der Waals surface area contributed by atoms with Crippen LogP contribution in [0.4, 0.5) is 0 Å². The van der Waals surface area contributed by atoms with Gasteiger partial charge in [0.15, 0.2) is 0 Å². The molecule has 1 aromatic rings. The molecular formula is C14H22BrNOS. The largest absolute Gasteiger partial charge is 0.377 e. The van der Waals surface area contributed by atoms with Crippen LogP contribution in [0.5, 0.6) is 0 Å². The van der Waals surface area contributed by atoms with E-state index in [1.165, 1.54) is 22.2 Å². The number of ether oxygens (including phenoxy) is 1. The normalized spacial score (nSPS) is 30.3. The Morgan fingerprint density at radius 1 is 1.56 bits per heavy atom. The first-order valence-corrected chi connectivity index (χ1v) is 8.27. The van der Waals surface area contributed by atoms with Crippen LogP contribution in [-0.4, -0.2) is 18.8 Å². The molecule has 2 N–H and O–H groups in total. The van der Waals surface area contributed by atoms with Crippen LogP contribution in [0, 0.1) is 5.92 Å². The monoisotopic (exact) mass is 331 g/mol. The van der Waals surface area contributed by atoms with Crippen molar-refractivity contribution in [1.29, 1.82) is 0 Å². The van der Waals surface area contributed by atoms with Gasteiger partial charge in [0.25, 0.3) is 0 Å². The van der Waals surface area contributed by atoms with E-state index in [4.69, 9.17) is 10.5 Å². The zero-order valence-corrected chi connectivity index (χ0v) is 13.5. The summed E-state index contributed by atoms with van der Waals surface area (Å²) in [5.74, 6) is 0.814. The number of methoxy groups -OCH3 is 1. The Morgan fingerprint density at radius 3 is 2.72 bits per heavy atom. The fourth-order valence-electron chi connectivity index (χ4n) is 2.83. The summed E-state index contributed by atoms with van der Waals surface area (Å²) in [7, 11) is 1.82. The van der Waals surface area contributed by atoms with Crippen molar-refractivity contribution >= 4 is 27.3 Å². The number of hydrogen-bond acceptors (Lipinski definition) is 3. The van der Waals surface area contributed by atoms with Gasteiger partial charge < -0.3 is 10.5 Å². The van der Waals surface area contributed by atoms with Crippen LogP contribution in [0.15, 0.2) is 15.9 Å². The average molecular weight is 332 g/mol. The van der Waals surface area contributed by atoms with Crippen molar-refractivity contribution in [2.45, 2.75) is 50.7 Å². The minimum Gasteiger partial charge on any atom is -0.377 e. The molecule has 1 aliphatic carbocycles. The first-order chi connectivity index (χ1) is 8.57. The third-order valence-corrected chi connectivity index (χ3v) is 6.25. The van der Waals surface area contributed by atoms with E-state index in [9.17, 15) is 0 Å². The molecule has 1 saturated carbocycles. The fourth-order valence-corrected chi connectivity index (χ4v) is 4.41. The maximum Gasteiger partial charge on any atom is 0.0832 e. The molecular weight excluding hydrogens is 310 g/mol. The van der Waals surface area contributed by atoms with E-state index in [-0.39, 0.29) is 11.6 Å². The Bertz CT molecular complexity index is 385. The summed E-state index contributed by atoms with van der Waals surface area (Å²) in [6.07, 6.45) is 5.55. The fraction of sp³-hybridized carbons (Fsp3) is 0.714. The number of halogens is 1. The Labute approximate surface area is 122 Å². The molecule has 0 bridgehead atoms. The van der Waals surface area contributed by atoms with Crippen molar-refractivity contribution < 1.29 is 4.74 Å². The lowest BCUT2D eigenvalue weighted by molar-refractivity contribution is -0.0658. The van der Waals surface area contributed by atoms with Crippen LogP contribution in [0.1, 0.15) is 37.5 Å². The highest BCUT2D eigenvalue weighted by atomic mass is 79.9. The second-order valence-corrected chi connectivity index (χ2v) is 7.31. The summed E-state index contributed by atoms with van der Waals surface area (Å²) in [5, 5.41) is 2.11. The number of nitrogens with two attached hydrogens (primary N) is 1. The van der Waals surface area contributed by atoms with Gasteiger partial charge in [-0.15, -0.1) is 11.3 Å².